The molecule has 2 rings (SSSR count). The molecular formula is C15H15NO3S. The fraction of sp³-hybridized carbons (Fsp3) is 0.133. The molecule has 20 heavy (non-hydrogen) atoms. The maximum absolute atomic E-state index is 12.1. The van der Waals surface area contributed by atoms with Gasteiger partial charge in [0.05, 0.1) is 4.90 Å². The number of nitrogens with one attached hydrogen (secondary N) is 1. The van der Waals surface area contributed by atoms with Crippen molar-refractivity contribution in [1.29, 1.82) is 0 Å². The molecule has 0 unspecified atom stereocenters. The van der Waals surface area contributed by atoms with Crippen LogP contribution in [0.1, 0.15) is 15.9 Å². The molecule has 0 radical (unpaired) electrons. The minimum Gasteiger partial charge on any atom is -0.322 e. The zero-order valence-electron chi connectivity index (χ0n) is 11.3. The largest absolute Gasteiger partial charge is 0.322 e. The van der Waals surface area contributed by atoms with E-state index in [1.165, 1.54) is 12.1 Å². The zero-order valence-corrected chi connectivity index (χ0v) is 12.1. The Balaban J connectivity index is 2.27. The number of hydrogen-bond acceptors (Lipinski definition) is 3. The van der Waals surface area contributed by atoms with Crippen molar-refractivity contribution in [2.24, 2.45) is 0 Å². The van der Waals surface area contributed by atoms with Crippen LogP contribution >= 0.6 is 0 Å². The van der Waals surface area contributed by atoms with E-state index in [1.807, 2.05) is 19.1 Å². The second kappa shape index (κ2) is 5.46. The monoisotopic (exact) mass is 289 g/mol. The number of hydrogen-bond donors (Lipinski definition) is 1. The van der Waals surface area contributed by atoms with Crippen LogP contribution in [0.5, 0.6) is 0 Å². The molecule has 0 saturated heterocycles. The van der Waals surface area contributed by atoms with Gasteiger partial charge in [0, 0.05) is 17.5 Å². The Morgan fingerprint density at radius 3 is 2.40 bits per heavy atom. The molecule has 104 valence electrons. The molecule has 0 aliphatic rings. The first-order valence-corrected chi connectivity index (χ1v) is 7.94. The van der Waals surface area contributed by atoms with Gasteiger partial charge in [-0.1, -0.05) is 24.3 Å². The molecule has 1 N–H and O–H groups in total. The Kier molecular flexibility index (Phi) is 3.90. The lowest BCUT2D eigenvalue weighted by molar-refractivity contribution is 0.102. The fourth-order valence-electron chi connectivity index (χ4n) is 1.83. The number of anilines is 1. The minimum atomic E-state index is -3.29. The second-order valence-corrected chi connectivity index (χ2v) is 6.58. The third-order valence-electron chi connectivity index (χ3n) is 2.91. The minimum absolute atomic E-state index is 0.181. The van der Waals surface area contributed by atoms with Crippen LogP contribution in [0.25, 0.3) is 0 Å². The smallest absolute Gasteiger partial charge is 0.255 e. The fourth-order valence-corrected chi connectivity index (χ4v) is 2.50. The maximum Gasteiger partial charge on any atom is 0.255 e. The number of amides is 1. The lowest BCUT2D eigenvalue weighted by Crippen LogP contribution is -2.13. The first-order chi connectivity index (χ1) is 9.38. The molecule has 0 aliphatic heterocycles. The van der Waals surface area contributed by atoms with Gasteiger partial charge in [-0.15, -0.1) is 0 Å². The van der Waals surface area contributed by atoms with Crippen molar-refractivity contribution in [2.45, 2.75) is 11.8 Å². The lowest BCUT2D eigenvalue weighted by Gasteiger charge is -2.08. The van der Waals surface area contributed by atoms with Gasteiger partial charge in [0.2, 0.25) is 0 Å². The van der Waals surface area contributed by atoms with Gasteiger partial charge in [0.1, 0.15) is 0 Å². The van der Waals surface area contributed by atoms with Crippen molar-refractivity contribution in [3.05, 3.63) is 59.7 Å². The first-order valence-electron chi connectivity index (χ1n) is 6.05. The van der Waals surface area contributed by atoms with Crippen molar-refractivity contribution >= 4 is 21.4 Å². The Morgan fingerprint density at radius 1 is 1.05 bits per heavy atom. The highest BCUT2D eigenvalue weighted by molar-refractivity contribution is 7.90. The van der Waals surface area contributed by atoms with Crippen molar-refractivity contribution in [2.75, 3.05) is 11.6 Å². The number of sulfone groups is 1. The Morgan fingerprint density at radius 2 is 1.75 bits per heavy atom. The third kappa shape index (κ3) is 3.24. The van der Waals surface area contributed by atoms with Crippen molar-refractivity contribution in [3.63, 3.8) is 0 Å². The highest BCUT2D eigenvalue weighted by atomic mass is 32.2. The van der Waals surface area contributed by atoms with Crippen LogP contribution in [0.15, 0.2) is 53.4 Å². The normalized spacial score (nSPS) is 11.1. The van der Waals surface area contributed by atoms with E-state index in [4.69, 9.17) is 0 Å². The molecule has 0 saturated carbocycles. The van der Waals surface area contributed by atoms with Crippen LogP contribution in [0.2, 0.25) is 0 Å². The molecule has 1 amide bonds. The van der Waals surface area contributed by atoms with E-state index in [-0.39, 0.29) is 10.8 Å². The van der Waals surface area contributed by atoms with Crippen LogP contribution < -0.4 is 5.32 Å². The number of benzene rings is 2. The summed E-state index contributed by atoms with van der Waals surface area (Å²) in [5.74, 6) is -0.256. The molecule has 4 nitrogen and oxygen atoms in total. The predicted octanol–water partition coefficient (Wildman–Crippen LogP) is 2.65. The number of rotatable bonds is 3. The van der Waals surface area contributed by atoms with E-state index in [0.717, 1.165) is 11.8 Å². The van der Waals surface area contributed by atoms with Crippen LogP contribution in [0.4, 0.5) is 5.69 Å². The summed E-state index contributed by atoms with van der Waals surface area (Å²) in [7, 11) is -3.29. The number of carbonyl (C=O) groups is 1. The molecule has 0 bridgehead atoms. The van der Waals surface area contributed by atoms with Gasteiger partial charge < -0.3 is 5.32 Å². The zero-order chi connectivity index (χ0) is 14.8. The Bertz CT molecular complexity index is 751. The third-order valence-corrected chi connectivity index (χ3v) is 4.02. The Hall–Kier alpha value is -2.14. The van der Waals surface area contributed by atoms with Crippen molar-refractivity contribution in [1.82, 2.24) is 0 Å². The summed E-state index contributed by atoms with van der Waals surface area (Å²) < 4.78 is 23.0. The topological polar surface area (TPSA) is 63.2 Å². The first kappa shape index (κ1) is 14.3. The average molecular weight is 289 g/mol. The van der Waals surface area contributed by atoms with E-state index in [0.29, 0.717) is 11.3 Å². The molecule has 5 heteroatoms. The maximum atomic E-state index is 12.1. The van der Waals surface area contributed by atoms with Gasteiger partial charge in [-0.3, -0.25) is 4.79 Å². The van der Waals surface area contributed by atoms with Gasteiger partial charge in [-0.2, -0.15) is 0 Å². The van der Waals surface area contributed by atoms with Crippen molar-refractivity contribution in [3.8, 4) is 0 Å². The molecule has 0 atom stereocenters. The second-order valence-electron chi connectivity index (χ2n) is 4.57. The summed E-state index contributed by atoms with van der Waals surface area (Å²) in [6.07, 6.45) is 1.13. The summed E-state index contributed by atoms with van der Waals surface area (Å²) in [5, 5.41) is 2.71. The summed E-state index contributed by atoms with van der Waals surface area (Å²) in [5.41, 5.74) is 1.89. The van der Waals surface area contributed by atoms with Gasteiger partial charge in [0.15, 0.2) is 9.84 Å². The van der Waals surface area contributed by atoms with E-state index in [2.05, 4.69) is 5.32 Å². The van der Waals surface area contributed by atoms with Gasteiger partial charge in [-0.05, 0) is 36.8 Å². The summed E-state index contributed by atoms with van der Waals surface area (Å²) in [6, 6.07) is 13.4. The van der Waals surface area contributed by atoms with Gasteiger partial charge >= 0.3 is 0 Å². The van der Waals surface area contributed by atoms with Gasteiger partial charge in [-0.25, -0.2) is 8.42 Å². The van der Waals surface area contributed by atoms with E-state index >= 15 is 0 Å². The molecule has 0 spiro atoms. The highest BCUT2D eigenvalue weighted by Gasteiger charge is 2.11. The molecule has 0 aliphatic carbocycles. The summed E-state index contributed by atoms with van der Waals surface area (Å²) >= 11 is 0. The average Bonchev–Trinajstić information content (AvgIpc) is 2.38. The summed E-state index contributed by atoms with van der Waals surface area (Å²) in [6.45, 7) is 1.85. The van der Waals surface area contributed by atoms with E-state index in [9.17, 15) is 13.2 Å². The van der Waals surface area contributed by atoms with Crippen LogP contribution in [0, 0.1) is 6.92 Å². The SMILES string of the molecule is Cc1ccccc1C(=O)Nc1cccc(S(C)(=O)=O)c1. The summed E-state index contributed by atoms with van der Waals surface area (Å²) in [4.78, 5) is 12.3. The standard InChI is InChI=1S/C15H15NO3S/c1-11-6-3-4-9-14(11)15(17)16-12-7-5-8-13(10-12)20(2,18)19/h3-10H,1-2H3,(H,16,17). The molecule has 0 aromatic heterocycles. The van der Waals surface area contributed by atoms with Crippen LogP contribution in [-0.2, 0) is 9.84 Å². The highest BCUT2D eigenvalue weighted by Crippen LogP contribution is 2.17. The molecule has 0 fully saturated rings. The molecule has 0 heterocycles. The van der Waals surface area contributed by atoms with E-state index in [1.54, 1.807) is 24.3 Å². The molecule has 2 aromatic carbocycles. The van der Waals surface area contributed by atoms with Crippen LogP contribution in [0.3, 0.4) is 0 Å². The van der Waals surface area contributed by atoms with E-state index < -0.39 is 9.84 Å². The Labute approximate surface area is 118 Å². The van der Waals surface area contributed by atoms with Crippen molar-refractivity contribution < 1.29 is 13.2 Å². The number of carbonyl (C=O) groups excluding carboxylic acids is 1. The molecular weight excluding hydrogens is 274 g/mol. The predicted molar refractivity (Wildman–Crippen MR) is 78.7 cm³/mol. The van der Waals surface area contributed by atoms with Crippen LogP contribution in [-0.4, -0.2) is 20.6 Å². The quantitative estimate of drug-likeness (QED) is 0.944. The van der Waals surface area contributed by atoms with Gasteiger partial charge in [0.25, 0.3) is 5.91 Å². The molecule has 2 aromatic rings. The lowest BCUT2D eigenvalue weighted by atomic mass is 10.1. The number of aryl methyl sites for hydroxylation is 1.